The maximum Gasteiger partial charge on any atom is 0.262 e. The van der Waals surface area contributed by atoms with Crippen molar-refractivity contribution in [3.8, 4) is 0 Å². The van der Waals surface area contributed by atoms with Crippen molar-refractivity contribution in [1.82, 2.24) is 0 Å². The van der Waals surface area contributed by atoms with Gasteiger partial charge in [0.25, 0.3) is 8.32 Å². The Morgan fingerprint density at radius 3 is 1.39 bits per heavy atom. The monoisotopic (exact) mass is 448 g/mol. The van der Waals surface area contributed by atoms with E-state index in [2.05, 4.69) is 136 Å². The van der Waals surface area contributed by atoms with Gasteiger partial charge < -0.3 is 4.43 Å². The number of hydrogen-bond acceptors (Lipinski definition) is 1. The van der Waals surface area contributed by atoms with Crippen LogP contribution in [0.15, 0.2) is 115 Å². The van der Waals surface area contributed by atoms with E-state index in [9.17, 15) is 0 Å². The molecule has 1 aliphatic carbocycles. The molecule has 0 aliphatic heterocycles. The molecular weight excluding hydrogens is 416 g/mol. The van der Waals surface area contributed by atoms with Crippen molar-refractivity contribution in [2.24, 2.45) is 0 Å². The SMILES string of the molecule is CC(C)(C)[Si](OC1(c2ccccc2)Cc2ccccc2C1)(c1ccccc1)c1ccccc1. The molecule has 1 aliphatic rings. The highest BCUT2D eigenvalue weighted by molar-refractivity contribution is 6.99. The Kier molecular flexibility index (Phi) is 5.60. The third-order valence-corrected chi connectivity index (χ3v) is 12.2. The van der Waals surface area contributed by atoms with Gasteiger partial charge in [0.1, 0.15) is 0 Å². The summed E-state index contributed by atoms with van der Waals surface area (Å²) in [6.45, 7) is 7.08. The maximum atomic E-state index is 7.83. The van der Waals surface area contributed by atoms with E-state index in [1.165, 1.54) is 27.1 Å². The maximum absolute atomic E-state index is 7.83. The predicted octanol–water partition coefficient (Wildman–Crippen LogP) is 6.26. The standard InChI is InChI=1S/C31H32OSi/c1-30(2,3)33(28-19-9-5-10-20-28,29-21-11-6-12-22-29)32-31(27-17-7-4-8-18-27)23-25-15-13-14-16-26(25)24-31/h4-22H,23-24H2,1-3H3. The summed E-state index contributed by atoms with van der Waals surface area (Å²) in [6, 6.07) is 41.7. The third kappa shape index (κ3) is 3.78. The highest BCUT2D eigenvalue weighted by Crippen LogP contribution is 2.47. The lowest BCUT2D eigenvalue weighted by Gasteiger charge is -2.49. The summed E-state index contributed by atoms with van der Waals surface area (Å²) in [5.74, 6) is 0. The fourth-order valence-electron chi connectivity index (χ4n) is 5.60. The first-order chi connectivity index (χ1) is 15.9. The largest absolute Gasteiger partial charge is 0.397 e. The van der Waals surface area contributed by atoms with E-state index in [1.807, 2.05) is 0 Å². The van der Waals surface area contributed by atoms with Gasteiger partial charge in [-0.2, -0.15) is 0 Å². The second kappa shape index (κ2) is 8.44. The fraction of sp³-hybridized carbons (Fsp3) is 0.226. The molecule has 5 rings (SSSR count). The first-order valence-corrected chi connectivity index (χ1v) is 13.8. The van der Waals surface area contributed by atoms with Gasteiger partial charge in [-0.05, 0) is 32.1 Å². The quantitative estimate of drug-likeness (QED) is 0.328. The Morgan fingerprint density at radius 2 is 0.970 bits per heavy atom. The Hall–Kier alpha value is -2.94. The Labute approximate surface area is 199 Å². The summed E-state index contributed by atoms with van der Waals surface area (Å²) in [5.41, 5.74) is 3.68. The van der Waals surface area contributed by atoms with Crippen LogP contribution >= 0.6 is 0 Å². The minimum absolute atomic E-state index is 0.0632. The van der Waals surface area contributed by atoms with Gasteiger partial charge in [-0.15, -0.1) is 0 Å². The predicted molar refractivity (Wildman–Crippen MR) is 141 cm³/mol. The number of benzene rings is 4. The minimum Gasteiger partial charge on any atom is -0.397 e. The van der Waals surface area contributed by atoms with Gasteiger partial charge in [-0.25, -0.2) is 0 Å². The highest BCUT2D eigenvalue weighted by atomic mass is 28.4. The number of fused-ring (bicyclic) bond motifs is 1. The van der Waals surface area contributed by atoms with Gasteiger partial charge in [0.2, 0.25) is 0 Å². The molecule has 0 radical (unpaired) electrons. The molecule has 0 fully saturated rings. The van der Waals surface area contributed by atoms with E-state index in [-0.39, 0.29) is 5.04 Å². The zero-order chi connectivity index (χ0) is 22.9. The van der Waals surface area contributed by atoms with Crippen molar-refractivity contribution in [3.63, 3.8) is 0 Å². The van der Waals surface area contributed by atoms with E-state index in [1.54, 1.807) is 0 Å². The molecular formula is C31H32OSi. The molecule has 4 aromatic rings. The van der Waals surface area contributed by atoms with Gasteiger partial charge in [-0.1, -0.05) is 136 Å². The fourth-order valence-corrected chi connectivity index (χ4v) is 10.4. The minimum atomic E-state index is -2.71. The summed E-state index contributed by atoms with van der Waals surface area (Å²) in [4.78, 5) is 0. The molecule has 0 heterocycles. The first-order valence-electron chi connectivity index (χ1n) is 11.9. The van der Waals surface area contributed by atoms with Crippen molar-refractivity contribution < 1.29 is 4.43 Å². The van der Waals surface area contributed by atoms with Gasteiger partial charge in [-0.3, -0.25) is 0 Å². The summed E-state index contributed by atoms with van der Waals surface area (Å²) >= 11 is 0. The average Bonchev–Trinajstić information content (AvgIpc) is 3.23. The summed E-state index contributed by atoms with van der Waals surface area (Å²) in [6.07, 6.45) is 1.80. The van der Waals surface area contributed by atoms with Crippen molar-refractivity contribution in [2.45, 2.75) is 44.3 Å². The Morgan fingerprint density at radius 1 is 0.576 bits per heavy atom. The topological polar surface area (TPSA) is 9.23 Å². The van der Waals surface area contributed by atoms with Crippen LogP contribution in [0.5, 0.6) is 0 Å². The molecule has 0 unspecified atom stereocenters. The van der Waals surface area contributed by atoms with Crippen LogP contribution in [0.1, 0.15) is 37.5 Å². The lowest BCUT2D eigenvalue weighted by Crippen LogP contribution is -2.69. The third-order valence-electron chi connectivity index (χ3n) is 7.14. The molecule has 0 aromatic heterocycles. The van der Waals surface area contributed by atoms with E-state index < -0.39 is 13.9 Å². The number of rotatable bonds is 5. The van der Waals surface area contributed by atoms with Gasteiger partial charge in [0.15, 0.2) is 0 Å². The van der Waals surface area contributed by atoms with Crippen molar-refractivity contribution in [2.75, 3.05) is 0 Å². The van der Waals surface area contributed by atoms with Crippen molar-refractivity contribution in [1.29, 1.82) is 0 Å². The number of hydrogen-bond donors (Lipinski definition) is 0. The first kappa shape index (κ1) is 21.9. The van der Waals surface area contributed by atoms with Gasteiger partial charge in [0, 0.05) is 12.8 Å². The summed E-state index contributed by atoms with van der Waals surface area (Å²) < 4.78 is 7.83. The Bertz CT molecular complexity index is 1150. The zero-order valence-corrected chi connectivity index (χ0v) is 20.8. The zero-order valence-electron chi connectivity index (χ0n) is 19.8. The van der Waals surface area contributed by atoms with Crippen LogP contribution in [0.2, 0.25) is 5.04 Å². The molecule has 0 saturated heterocycles. The van der Waals surface area contributed by atoms with Gasteiger partial charge in [0.05, 0.1) is 5.60 Å². The molecule has 33 heavy (non-hydrogen) atoms. The van der Waals surface area contributed by atoms with Crippen LogP contribution in [0.25, 0.3) is 0 Å². The smallest absolute Gasteiger partial charge is 0.262 e. The van der Waals surface area contributed by atoms with Crippen LogP contribution in [-0.2, 0) is 22.9 Å². The van der Waals surface area contributed by atoms with Crippen LogP contribution in [0.3, 0.4) is 0 Å². The molecule has 4 aromatic carbocycles. The summed E-state index contributed by atoms with van der Waals surface area (Å²) in [7, 11) is -2.71. The van der Waals surface area contributed by atoms with Crippen molar-refractivity contribution >= 4 is 18.7 Å². The molecule has 0 bridgehead atoms. The molecule has 0 spiro atoms. The van der Waals surface area contributed by atoms with Crippen LogP contribution in [-0.4, -0.2) is 8.32 Å². The Balaban J connectivity index is 1.76. The molecule has 1 nitrogen and oxygen atoms in total. The molecule has 0 amide bonds. The second-order valence-electron chi connectivity index (χ2n) is 10.2. The molecule has 0 saturated carbocycles. The summed E-state index contributed by atoms with van der Waals surface area (Å²) in [5, 5.41) is 2.59. The lowest BCUT2D eigenvalue weighted by molar-refractivity contribution is 0.0658. The molecule has 0 atom stereocenters. The van der Waals surface area contributed by atoms with E-state index >= 15 is 0 Å². The highest BCUT2D eigenvalue weighted by Gasteiger charge is 2.56. The molecule has 2 heteroatoms. The van der Waals surface area contributed by atoms with E-state index in [4.69, 9.17) is 4.43 Å². The van der Waals surface area contributed by atoms with Crippen LogP contribution < -0.4 is 10.4 Å². The second-order valence-corrected chi connectivity index (χ2v) is 14.5. The lowest BCUT2D eigenvalue weighted by atomic mass is 9.91. The average molecular weight is 449 g/mol. The van der Waals surface area contributed by atoms with E-state index in [0.29, 0.717) is 0 Å². The van der Waals surface area contributed by atoms with Crippen molar-refractivity contribution in [3.05, 3.63) is 132 Å². The normalized spacial score (nSPS) is 15.2. The molecule has 0 N–H and O–H groups in total. The van der Waals surface area contributed by atoms with Crippen LogP contribution in [0, 0.1) is 0 Å². The molecule has 166 valence electrons. The van der Waals surface area contributed by atoms with Crippen LogP contribution in [0.4, 0.5) is 0 Å². The van der Waals surface area contributed by atoms with E-state index in [0.717, 1.165) is 12.8 Å². The van der Waals surface area contributed by atoms with Gasteiger partial charge >= 0.3 is 0 Å².